The third kappa shape index (κ3) is 5.51. The summed E-state index contributed by atoms with van der Waals surface area (Å²) in [5, 5.41) is 9.46. The maximum atomic E-state index is 13.9. The minimum absolute atomic E-state index is 0.0189. The Bertz CT molecular complexity index is 1300. The Hall–Kier alpha value is -3.33. The van der Waals surface area contributed by atoms with Crippen LogP contribution in [-0.2, 0) is 18.3 Å². The number of H-pyrrole nitrogens is 1. The summed E-state index contributed by atoms with van der Waals surface area (Å²) in [5.74, 6) is -0.146. The summed E-state index contributed by atoms with van der Waals surface area (Å²) in [5.41, 5.74) is 6.79. The Kier molecular flexibility index (Phi) is 6.89. The quantitative estimate of drug-likeness (QED) is 0.283. The number of imidazole rings is 1. The molecule has 0 aliphatic carbocycles. The van der Waals surface area contributed by atoms with Gasteiger partial charge in [0.2, 0.25) is 0 Å². The number of hydrogen-bond acceptors (Lipinski definition) is 4. The summed E-state index contributed by atoms with van der Waals surface area (Å²) in [6.45, 7) is 1.06. The Morgan fingerprint density at radius 2 is 1.60 bits per heavy atom. The van der Waals surface area contributed by atoms with Gasteiger partial charge in [-0.2, -0.15) is 13.2 Å². The lowest BCUT2D eigenvalue weighted by molar-refractivity contribution is -0.139. The van der Waals surface area contributed by atoms with E-state index in [0.717, 1.165) is 22.8 Å². The van der Waals surface area contributed by atoms with Gasteiger partial charge in [0.1, 0.15) is 29.0 Å². The molecule has 0 radical (unpaired) electrons. The maximum Gasteiger partial charge on any atom is 0.419 e. The first-order valence-corrected chi connectivity index (χ1v) is 11.1. The SMILES string of the molecule is C[C@](N)(CO)c1nc(-c2ccc(OCc3ccc(-c4ccccc4)cc3)c(C(F)(F)F)c2)c(Cl)[nH]1. The molecule has 4 aromatic rings. The first-order valence-electron chi connectivity index (χ1n) is 10.7. The van der Waals surface area contributed by atoms with Gasteiger partial charge < -0.3 is 20.6 Å². The monoisotopic (exact) mass is 501 g/mol. The molecule has 0 fully saturated rings. The fourth-order valence-corrected chi connectivity index (χ4v) is 3.74. The lowest BCUT2D eigenvalue weighted by Crippen LogP contribution is -2.38. The topological polar surface area (TPSA) is 84.2 Å². The van der Waals surface area contributed by atoms with Crippen LogP contribution in [0.2, 0.25) is 5.15 Å². The van der Waals surface area contributed by atoms with Crippen molar-refractivity contribution in [3.63, 3.8) is 0 Å². The highest BCUT2D eigenvalue weighted by Gasteiger charge is 2.35. The summed E-state index contributed by atoms with van der Waals surface area (Å²) in [7, 11) is 0. The van der Waals surface area contributed by atoms with E-state index in [-0.39, 0.29) is 34.6 Å². The van der Waals surface area contributed by atoms with E-state index in [9.17, 15) is 18.3 Å². The number of nitrogens with two attached hydrogens (primary N) is 1. The first kappa shape index (κ1) is 24.8. The minimum Gasteiger partial charge on any atom is -0.488 e. The third-order valence-corrected chi connectivity index (χ3v) is 5.82. The number of alkyl halides is 3. The molecule has 0 bridgehead atoms. The van der Waals surface area contributed by atoms with E-state index in [4.69, 9.17) is 22.1 Å². The van der Waals surface area contributed by atoms with Crippen LogP contribution in [0.4, 0.5) is 13.2 Å². The largest absolute Gasteiger partial charge is 0.488 e. The van der Waals surface area contributed by atoms with E-state index in [0.29, 0.717) is 0 Å². The van der Waals surface area contributed by atoms with E-state index in [1.807, 2.05) is 54.6 Å². The molecule has 1 atom stereocenters. The van der Waals surface area contributed by atoms with E-state index in [2.05, 4.69) is 9.97 Å². The van der Waals surface area contributed by atoms with Crippen LogP contribution < -0.4 is 10.5 Å². The summed E-state index contributed by atoms with van der Waals surface area (Å²) in [6.07, 6.45) is -4.67. The van der Waals surface area contributed by atoms with Gasteiger partial charge in [-0.1, -0.05) is 66.2 Å². The Labute approximate surface area is 205 Å². The number of nitrogens with one attached hydrogen (secondary N) is 1. The molecule has 1 heterocycles. The molecule has 0 saturated carbocycles. The van der Waals surface area contributed by atoms with Crippen molar-refractivity contribution in [1.82, 2.24) is 9.97 Å². The Balaban J connectivity index is 1.58. The summed E-state index contributed by atoms with van der Waals surface area (Å²) < 4.78 is 47.2. The van der Waals surface area contributed by atoms with Crippen LogP contribution >= 0.6 is 11.6 Å². The van der Waals surface area contributed by atoms with Gasteiger partial charge in [-0.15, -0.1) is 0 Å². The van der Waals surface area contributed by atoms with Crippen molar-refractivity contribution in [2.75, 3.05) is 6.61 Å². The van der Waals surface area contributed by atoms with Crippen LogP contribution in [0, 0.1) is 0 Å². The second kappa shape index (κ2) is 9.73. The highest BCUT2D eigenvalue weighted by molar-refractivity contribution is 6.31. The predicted octanol–water partition coefficient (Wildman–Crippen LogP) is 6.16. The van der Waals surface area contributed by atoms with Crippen molar-refractivity contribution in [3.05, 3.63) is 94.9 Å². The zero-order chi connectivity index (χ0) is 25.2. The van der Waals surface area contributed by atoms with E-state index >= 15 is 0 Å². The van der Waals surface area contributed by atoms with Crippen molar-refractivity contribution in [2.24, 2.45) is 5.73 Å². The van der Waals surface area contributed by atoms with Crippen LogP contribution in [-0.4, -0.2) is 21.7 Å². The Morgan fingerprint density at radius 3 is 2.23 bits per heavy atom. The van der Waals surface area contributed by atoms with E-state index in [1.165, 1.54) is 19.1 Å². The minimum atomic E-state index is -4.67. The van der Waals surface area contributed by atoms with E-state index < -0.39 is 23.9 Å². The van der Waals surface area contributed by atoms with Crippen LogP contribution in [0.5, 0.6) is 5.75 Å². The van der Waals surface area contributed by atoms with Crippen LogP contribution in [0.3, 0.4) is 0 Å². The first-order chi connectivity index (χ1) is 16.6. The molecule has 5 nitrogen and oxygen atoms in total. The zero-order valence-corrected chi connectivity index (χ0v) is 19.5. The van der Waals surface area contributed by atoms with Gasteiger partial charge in [-0.3, -0.25) is 0 Å². The molecule has 1 aromatic heterocycles. The molecule has 0 aliphatic heterocycles. The Morgan fingerprint density at radius 1 is 0.971 bits per heavy atom. The zero-order valence-electron chi connectivity index (χ0n) is 18.7. The standard InChI is InChI=1S/C26H23ClF3N3O2/c1-25(31,15-34)24-32-22(23(27)33-24)19-11-12-21(20(13-19)26(28,29)30)35-14-16-7-9-18(10-8-16)17-5-3-2-4-6-17/h2-13,34H,14-15,31H2,1H3,(H,32,33)/t25-/m0/s1. The molecule has 4 rings (SSSR count). The molecule has 0 saturated heterocycles. The fraction of sp³-hybridized carbons (Fsp3) is 0.192. The number of rotatable bonds is 7. The van der Waals surface area contributed by atoms with Crippen molar-refractivity contribution in [2.45, 2.75) is 25.2 Å². The average Bonchev–Trinajstić information content (AvgIpc) is 3.25. The normalized spacial score (nSPS) is 13.5. The van der Waals surface area contributed by atoms with Gasteiger partial charge in [0.15, 0.2) is 0 Å². The fourth-order valence-electron chi connectivity index (χ4n) is 3.50. The van der Waals surface area contributed by atoms with Crippen molar-refractivity contribution >= 4 is 11.6 Å². The van der Waals surface area contributed by atoms with Crippen molar-refractivity contribution < 1.29 is 23.0 Å². The molecular formula is C26H23ClF3N3O2. The van der Waals surface area contributed by atoms with Crippen molar-refractivity contribution in [3.8, 4) is 28.1 Å². The number of hydrogen-bond donors (Lipinski definition) is 3. The highest BCUT2D eigenvalue weighted by Crippen LogP contribution is 2.40. The second-order valence-electron chi connectivity index (χ2n) is 8.38. The molecule has 182 valence electrons. The predicted molar refractivity (Wildman–Crippen MR) is 129 cm³/mol. The van der Waals surface area contributed by atoms with Crippen molar-refractivity contribution in [1.29, 1.82) is 0 Å². The molecule has 4 N–H and O–H groups in total. The van der Waals surface area contributed by atoms with Gasteiger partial charge >= 0.3 is 6.18 Å². The number of benzene rings is 3. The van der Waals surface area contributed by atoms with Crippen LogP contribution in [0.1, 0.15) is 23.9 Å². The molecule has 0 amide bonds. The molecule has 0 aliphatic rings. The average molecular weight is 502 g/mol. The lowest BCUT2D eigenvalue weighted by Gasteiger charge is -2.18. The number of nitrogens with zero attached hydrogens (tertiary/aromatic N) is 1. The molecule has 0 unspecified atom stereocenters. The molecule has 3 aromatic carbocycles. The molecular weight excluding hydrogens is 479 g/mol. The van der Waals surface area contributed by atoms with Gasteiger partial charge in [0, 0.05) is 5.56 Å². The molecule has 0 spiro atoms. The number of ether oxygens (including phenoxy) is 1. The summed E-state index contributed by atoms with van der Waals surface area (Å²) in [6, 6.07) is 20.8. The number of aliphatic hydroxyl groups is 1. The van der Waals surface area contributed by atoms with Gasteiger partial charge in [0.25, 0.3) is 0 Å². The maximum absolute atomic E-state index is 13.9. The third-order valence-electron chi connectivity index (χ3n) is 5.54. The van der Waals surface area contributed by atoms with Gasteiger partial charge in [-0.25, -0.2) is 4.98 Å². The second-order valence-corrected chi connectivity index (χ2v) is 8.76. The lowest BCUT2D eigenvalue weighted by atomic mass is 10.0. The number of halogens is 4. The molecule has 35 heavy (non-hydrogen) atoms. The summed E-state index contributed by atoms with van der Waals surface area (Å²) in [4.78, 5) is 6.95. The van der Waals surface area contributed by atoms with Crippen LogP contribution in [0.15, 0.2) is 72.8 Å². The van der Waals surface area contributed by atoms with Gasteiger partial charge in [-0.05, 0) is 41.8 Å². The van der Waals surface area contributed by atoms with E-state index in [1.54, 1.807) is 0 Å². The number of aromatic nitrogens is 2. The highest BCUT2D eigenvalue weighted by atomic mass is 35.5. The summed E-state index contributed by atoms with van der Waals surface area (Å²) >= 11 is 6.18. The number of aromatic amines is 1. The molecule has 9 heteroatoms. The van der Waals surface area contributed by atoms with Crippen LogP contribution in [0.25, 0.3) is 22.4 Å². The number of aliphatic hydroxyl groups excluding tert-OH is 1. The smallest absolute Gasteiger partial charge is 0.419 e. The van der Waals surface area contributed by atoms with Gasteiger partial charge in [0.05, 0.1) is 17.7 Å².